The zero-order chi connectivity index (χ0) is 36.1. The topological polar surface area (TPSA) is 359 Å². The number of carboxylic acid groups (broad SMARTS) is 1. The number of phosphoric ester groups is 3. The predicted octanol–water partition coefficient (Wildman–Crippen LogP) is -1.54. The maximum Gasteiger partial charge on any atom is 0.481 e. The predicted molar refractivity (Wildman–Crippen MR) is 156 cm³/mol. The van der Waals surface area contributed by atoms with Gasteiger partial charge in [-0.3, -0.25) is 18.1 Å². The van der Waals surface area contributed by atoms with Gasteiger partial charge in [0.05, 0.1) is 13.2 Å². The molecule has 3 aromatic rings. The van der Waals surface area contributed by atoms with E-state index in [2.05, 4.69) is 39.7 Å². The lowest BCUT2D eigenvalue weighted by molar-refractivity contribution is -0.765. The van der Waals surface area contributed by atoms with E-state index in [4.69, 9.17) is 24.3 Å². The summed E-state index contributed by atoms with van der Waals surface area (Å²) in [4.78, 5) is 62.2. The molecule has 10 N–H and O–H groups in total. The minimum Gasteiger partial charge on any atom is -0.477 e. The van der Waals surface area contributed by atoms with Gasteiger partial charge in [-0.2, -0.15) is 8.88 Å². The highest BCUT2D eigenvalue weighted by atomic mass is 79.9. The average molecular weight is 824 g/mol. The lowest BCUT2D eigenvalue weighted by atomic mass is 10.1. The van der Waals surface area contributed by atoms with Crippen molar-refractivity contribution in [1.82, 2.24) is 19.5 Å². The Hall–Kier alpha value is -2.38. The van der Waals surface area contributed by atoms with E-state index in [1.807, 2.05) is 0 Å². The first kappa shape index (κ1) is 37.9. The van der Waals surface area contributed by atoms with Crippen LogP contribution < -0.4 is 10.3 Å². The molecule has 2 fully saturated rings. The van der Waals surface area contributed by atoms with Crippen LogP contribution in [0.2, 0.25) is 0 Å². The van der Waals surface area contributed by atoms with Crippen molar-refractivity contribution in [3.05, 3.63) is 41.2 Å². The van der Waals surface area contributed by atoms with Crippen molar-refractivity contribution in [3.8, 4) is 0 Å². The Kier molecular flexibility index (Phi) is 11.1. The number of nitrogens with two attached hydrogens (primary N) is 1. The normalized spacial score (nSPS) is 30.0. The van der Waals surface area contributed by atoms with Gasteiger partial charge in [0.2, 0.25) is 0 Å². The number of aliphatic hydroxyl groups excluding tert-OH is 3. The third-order valence-corrected chi connectivity index (χ3v) is 10.7. The number of fused-ring (bicyclic) bond motifs is 1. The summed E-state index contributed by atoms with van der Waals surface area (Å²) in [5.41, 5.74) is 5.61. The van der Waals surface area contributed by atoms with Crippen LogP contribution in [-0.4, -0.2) is 115 Å². The van der Waals surface area contributed by atoms with Gasteiger partial charge in [-0.05, 0) is 22.0 Å². The van der Waals surface area contributed by atoms with E-state index in [-0.39, 0.29) is 27.3 Å². The Morgan fingerprint density at radius 3 is 2.24 bits per heavy atom. The van der Waals surface area contributed by atoms with E-state index in [1.165, 1.54) is 18.3 Å². The first-order valence-corrected chi connectivity index (χ1v) is 18.7. The van der Waals surface area contributed by atoms with Crippen LogP contribution in [0.4, 0.5) is 5.82 Å². The van der Waals surface area contributed by atoms with Crippen molar-refractivity contribution >= 4 is 62.3 Å². The Labute approximate surface area is 281 Å². The largest absolute Gasteiger partial charge is 0.481 e. The molecule has 0 spiro atoms. The molecule has 0 aliphatic carbocycles. The van der Waals surface area contributed by atoms with Gasteiger partial charge >= 0.3 is 29.4 Å². The first-order valence-electron chi connectivity index (χ1n) is 13.4. The van der Waals surface area contributed by atoms with Gasteiger partial charge in [0.25, 0.3) is 6.23 Å². The summed E-state index contributed by atoms with van der Waals surface area (Å²) < 4.78 is 68.4. The SMILES string of the molecule is Nc1ncnc2c1nc(Br)n2[C@@H]1O[C@H](COP(=O)(O)OP(=O)(O)OC[C@H]2O[C@@H]([n+]3cccc(C(=O)O)c3)[C@H](O)[C@@H]2O)[C@@H](O)[C@H]1OP(=O)(O)O. The number of pyridine rings is 1. The molecule has 49 heavy (non-hydrogen) atoms. The van der Waals surface area contributed by atoms with Gasteiger partial charge in [-0.15, -0.1) is 0 Å². The molecule has 270 valence electrons. The number of aromatic nitrogens is 5. The lowest BCUT2D eigenvalue weighted by Gasteiger charge is -2.22. The molecule has 5 rings (SSSR count). The maximum atomic E-state index is 12.6. The number of aromatic carboxylic acids is 1. The number of ether oxygens (including phenoxy) is 2. The number of carbonyl (C=O) groups is 1. The van der Waals surface area contributed by atoms with Crippen LogP contribution in [0.1, 0.15) is 22.8 Å². The number of hydrogen-bond acceptors (Lipinski definition) is 17. The highest BCUT2D eigenvalue weighted by Crippen LogP contribution is 2.61. The monoisotopic (exact) mass is 823 g/mol. The number of imidazole rings is 1. The van der Waals surface area contributed by atoms with Gasteiger partial charge in [0.1, 0.15) is 42.4 Å². The Bertz CT molecular complexity index is 1860. The molecule has 10 atom stereocenters. The van der Waals surface area contributed by atoms with Crippen LogP contribution in [-0.2, 0) is 41.1 Å². The van der Waals surface area contributed by atoms with Crippen molar-refractivity contribution in [2.45, 2.75) is 49.1 Å². The molecule has 2 saturated heterocycles. The van der Waals surface area contributed by atoms with Gasteiger partial charge < -0.3 is 55.2 Å². The van der Waals surface area contributed by atoms with Crippen LogP contribution >= 0.6 is 39.4 Å². The second-order valence-electron chi connectivity index (χ2n) is 10.3. The summed E-state index contributed by atoms with van der Waals surface area (Å²) in [6, 6.07) is 2.58. The molecule has 2 aliphatic heterocycles. The molecule has 0 saturated carbocycles. The molecule has 2 unspecified atom stereocenters. The quantitative estimate of drug-likeness (QED) is 0.0536. The molecule has 0 aromatic carbocycles. The molecule has 0 radical (unpaired) electrons. The van der Waals surface area contributed by atoms with Gasteiger partial charge in [-0.25, -0.2) is 33.4 Å². The second kappa shape index (κ2) is 14.3. The summed E-state index contributed by atoms with van der Waals surface area (Å²) in [6.45, 7) is -2.09. The number of rotatable bonds is 13. The minimum atomic E-state index is -5.55. The highest BCUT2D eigenvalue weighted by molar-refractivity contribution is 9.10. The van der Waals surface area contributed by atoms with Crippen LogP contribution in [0.25, 0.3) is 11.2 Å². The van der Waals surface area contributed by atoms with Gasteiger partial charge in [0, 0.05) is 6.07 Å². The number of carboxylic acids is 1. The summed E-state index contributed by atoms with van der Waals surface area (Å²) in [6.07, 6.45) is -10.0. The van der Waals surface area contributed by atoms with Crippen molar-refractivity contribution in [2.75, 3.05) is 18.9 Å². The number of phosphoric acid groups is 3. The lowest BCUT2D eigenvalue weighted by Crippen LogP contribution is -2.46. The van der Waals surface area contributed by atoms with Gasteiger partial charge in [0.15, 0.2) is 46.4 Å². The van der Waals surface area contributed by atoms with Crippen LogP contribution in [0.3, 0.4) is 0 Å². The zero-order valence-electron chi connectivity index (χ0n) is 24.1. The van der Waals surface area contributed by atoms with E-state index in [1.54, 1.807) is 0 Å². The Morgan fingerprint density at radius 1 is 1.00 bits per heavy atom. The van der Waals surface area contributed by atoms with Crippen molar-refractivity contribution < 1.29 is 90.4 Å². The fraction of sp³-hybridized carbons (Fsp3) is 0.476. The zero-order valence-corrected chi connectivity index (χ0v) is 28.4. The number of nitrogens with zero attached hydrogens (tertiary/aromatic N) is 5. The summed E-state index contributed by atoms with van der Waals surface area (Å²) >= 11 is 3.12. The molecule has 24 nitrogen and oxygen atoms in total. The fourth-order valence-corrected chi connectivity index (χ4v) is 8.05. The standard InChI is InChI=1S/C21H26BrN6O18P3/c22-21-26-11-16(23)24-7-25-17(11)28(21)19-15(45-47(34,35)36)13(30)10(44-19)6-42-49(39,40)46-48(37,38)41-5-9-12(29)14(31)18(43-9)27-3-1-2-8(4-27)20(32)33/h1-4,7,9-10,12-15,18-19,29-31H,5-6H2,(H6-,23,24,25,32,33,34,35,36,37,38,39,40)/p+1/t9-,10-,12-,13-,14-,15-,18-,19-/m1/s1. The van der Waals surface area contributed by atoms with Crippen LogP contribution in [0.5, 0.6) is 0 Å². The van der Waals surface area contributed by atoms with Crippen molar-refractivity contribution in [3.63, 3.8) is 0 Å². The fourth-order valence-electron chi connectivity index (χ4n) is 4.86. The number of aliphatic hydroxyl groups is 3. The first-order chi connectivity index (χ1) is 22.8. The number of anilines is 1. The molecule has 3 aromatic heterocycles. The third kappa shape index (κ3) is 8.57. The van der Waals surface area contributed by atoms with E-state index in [9.17, 15) is 58.5 Å². The maximum absolute atomic E-state index is 12.6. The Balaban J connectivity index is 1.23. The highest BCUT2D eigenvalue weighted by Gasteiger charge is 2.52. The number of nitrogen functional groups attached to an aromatic ring is 1. The molecular formula is C21H27BrN6O18P3+. The van der Waals surface area contributed by atoms with E-state index in [0.29, 0.717) is 0 Å². The van der Waals surface area contributed by atoms with E-state index in [0.717, 1.165) is 21.7 Å². The van der Waals surface area contributed by atoms with Crippen molar-refractivity contribution in [2.24, 2.45) is 0 Å². The molecule has 0 amide bonds. The third-order valence-electron chi connectivity index (χ3n) is 7.00. The summed E-state index contributed by atoms with van der Waals surface area (Å²) in [5.74, 6) is -1.38. The number of hydrogen-bond donors (Lipinski definition) is 9. The van der Waals surface area contributed by atoms with E-state index >= 15 is 0 Å². The Morgan fingerprint density at radius 2 is 1.63 bits per heavy atom. The molecule has 0 bridgehead atoms. The summed E-state index contributed by atoms with van der Waals surface area (Å²) in [5, 5.41) is 40.7. The summed E-state index contributed by atoms with van der Waals surface area (Å²) in [7, 11) is -16.4. The molecule has 28 heteroatoms. The number of halogens is 1. The van der Waals surface area contributed by atoms with Crippen LogP contribution in [0.15, 0.2) is 35.6 Å². The second-order valence-corrected chi connectivity index (χ2v) is 15.2. The smallest absolute Gasteiger partial charge is 0.477 e. The van der Waals surface area contributed by atoms with E-state index < -0.39 is 91.7 Å². The molecule has 2 aliphatic rings. The van der Waals surface area contributed by atoms with Crippen molar-refractivity contribution in [1.29, 1.82) is 0 Å². The minimum absolute atomic E-state index is 0.0285. The van der Waals surface area contributed by atoms with Crippen LogP contribution in [0, 0.1) is 0 Å². The average Bonchev–Trinajstić information content (AvgIpc) is 3.60. The molecular weight excluding hydrogens is 797 g/mol. The van der Waals surface area contributed by atoms with Gasteiger partial charge in [-0.1, -0.05) is 0 Å². The molecule has 5 heterocycles.